The Morgan fingerprint density at radius 2 is 1.92 bits per heavy atom. The summed E-state index contributed by atoms with van der Waals surface area (Å²) < 4.78 is 27.4. The van der Waals surface area contributed by atoms with E-state index >= 15 is 4.39 Å². The number of rotatable bonds is 8. The summed E-state index contributed by atoms with van der Waals surface area (Å²) in [6.07, 6.45) is 4.19. The van der Waals surface area contributed by atoms with Crippen molar-refractivity contribution in [3.05, 3.63) is 69.5 Å². The predicted octanol–water partition coefficient (Wildman–Crippen LogP) is 6.23. The normalized spacial score (nSPS) is 17.3. The van der Waals surface area contributed by atoms with Crippen LogP contribution in [0, 0.1) is 0 Å². The summed E-state index contributed by atoms with van der Waals surface area (Å²) in [5.41, 5.74) is 1.24. The van der Waals surface area contributed by atoms with Crippen molar-refractivity contribution in [1.82, 2.24) is 15.0 Å². The van der Waals surface area contributed by atoms with Gasteiger partial charge in [0.1, 0.15) is 17.1 Å². The average Bonchev–Trinajstić information content (AvgIpc) is 3.53. The number of aromatic nitrogens is 3. The number of fused-ring (bicyclic) bond motifs is 1. The lowest BCUT2D eigenvalue weighted by Crippen LogP contribution is -2.49. The van der Waals surface area contributed by atoms with Gasteiger partial charge in [-0.15, -0.1) is 0 Å². The monoisotopic (exact) mass is 558 g/mol. The number of hydrogen-bond acceptors (Lipinski definition) is 6. The van der Waals surface area contributed by atoms with Crippen molar-refractivity contribution in [1.29, 1.82) is 0 Å². The fourth-order valence-electron chi connectivity index (χ4n) is 4.98. The van der Waals surface area contributed by atoms with Gasteiger partial charge in [-0.2, -0.15) is 9.89 Å². The van der Waals surface area contributed by atoms with Crippen LogP contribution in [0.25, 0.3) is 22.2 Å². The molecular weight excluding hydrogens is 534 g/mol. The molecule has 4 aromatic rings. The van der Waals surface area contributed by atoms with E-state index in [0.29, 0.717) is 39.9 Å². The maximum atomic E-state index is 15.8. The van der Waals surface area contributed by atoms with E-state index in [9.17, 15) is 9.90 Å². The Morgan fingerprint density at radius 3 is 2.61 bits per heavy atom. The van der Waals surface area contributed by atoms with E-state index in [0.717, 1.165) is 29.6 Å². The molecule has 0 unspecified atom stereocenters. The number of ether oxygens (including phenoxy) is 1. The summed E-state index contributed by atoms with van der Waals surface area (Å²) >= 11 is 12.9. The third-order valence-corrected chi connectivity index (χ3v) is 7.91. The van der Waals surface area contributed by atoms with Gasteiger partial charge in [0.15, 0.2) is 0 Å². The maximum absolute atomic E-state index is 15.8. The highest BCUT2D eigenvalue weighted by molar-refractivity contribution is 6.39. The molecule has 0 bridgehead atoms. The fraction of sp³-hybridized carbons (Fsp3) is 0.370. The summed E-state index contributed by atoms with van der Waals surface area (Å²) in [5, 5.41) is 21.7. The third kappa shape index (κ3) is 4.74. The number of benzene rings is 2. The first-order valence-electron chi connectivity index (χ1n) is 12.5. The van der Waals surface area contributed by atoms with Crippen LogP contribution in [0.5, 0.6) is 0 Å². The van der Waals surface area contributed by atoms with Gasteiger partial charge in [-0.25, -0.2) is 9.18 Å². The molecule has 1 aliphatic carbocycles. The van der Waals surface area contributed by atoms with Crippen molar-refractivity contribution in [2.75, 3.05) is 24.7 Å². The molecule has 6 rings (SSSR count). The third-order valence-electron chi connectivity index (χ3n) is 7.28. The Kier molecular flexibility index (Phi) is 6.53. The summed E-state index contributed by atoms with van der Waals surface area (Å²) in [7, 11) is 0. The van der Waals surface area contributed by atoms with Crippen LogP contribution in [0.4, 0.5) is 4.39 Å². The molecule has 0 spiro atoms. The van der Waals surface area contributed by atoms with E-state index in [2.05, 4.69) is 10.3 Å². The number of carboxylic acid groups (broad SMARTS) is 1. The Morgan fingerprint density at radius 1 is 1.18 bits per heavy atom. The van der Waals surface area contributed by atoms with Gasteiger partial charge in [-0.1, -0.05) is 40.5 Å². The zero-order chi connectivity index (χ0) is 26.4. The first-order valence-corrected chi connectivity index (χ1v) is 13.2. The van der Waals surface area contributed by atoms with Crippen molar-refractivity contribution in [3.8, 4) is 11.3 Å². The number of aromatic carboxylic acids is 1. The van der Waals surface area contributed by atoms with Crippen molar-refractivity contribution >= 4 is 40.1 Å². The molecule has 2 aromatic heterocycles. The molecule has 2 aromatic carbocycles. The van der Waals surface area contributed by atoms with Crippen LogP contribution in [0.15, 0.2) is 47.1 Å². The van der Waals surface area contributed by atoms with E-state index in [-0.39, 0.29) is 37.5 Å². The lowest BCUT2D eigenvalue weighted by atomic mass is 9.95. The second-order valence-electron chi connectivity index (χ2n) is 9.96. The SMILES string of the molecule is O=C(O)c1ccc2cnn(N3CCC(F)(COCc4c(-c5c(Cl)cccc5Cl)noc4C4CC4)CC3)c2c1. The molecule has 8 nitrogen and oxygen atoms in total. The Balaban J connectivity index is 1.14. The van der Waals surface area contributed by atoms with Crippen LogP contribution in [0.3, 0.4) is 0 Å². The van der Waals surface area contributed by atoms with Crippen LogP contribution in [-0.4, -0.2) is 51.5 Å². The quantitative estimate of drug-likeness (QED) is 0.274. The van der Waals surface area contributed by atoms with Crippen molar-refractivity contribution < 1.29 is 23.6 Å². The molecule has 0 radical (unpaired) electrons. The molecule has 2 fully saturated rings. The standard InChI is InChI=1S/C27H25Cl2FN4O4/c28-20-2-1-3-21(29)23(20)24-19(25(38-32-24)16-4-5-16)14-37-15-27(30)8-10-33(11-9-27)34-22-12-17(26(35)36)6-7-18(22)13-31-34/h1-3,6-7,12-13,16H,4-5,8-11,14-15H2,(H,35,36). The number of hydrogen-bond donors (Lipinski definition) is 1. The topological polar surface area (TPSA) is 93.6 Å². The molecule has 1 aliphatic heterocycles. The summed E-state index contributed by atoms with van der Waals surface area (Å²) in [6, 6.07) is 10.1. The summed E-state index contributed by atoms with van der Waals surface area (Å²) in [4.78, 5) is 13.1. The summed E-state index contributed by atoms with van der Waals surface area (Å²) in [5.74, 6) is 0.0325. The molecule has 1 saturated carbocycles. The van der Waals surface area contributed by atoms with Crippen LogP contribution < -0.4 is 5.01 Å². The van der Waals surface area contributed by atoms with Crippen molar-refractivity contribution in [2.45, 2.75) is 43.9 Å². The number of halogens is 3. The molecule has 11 heteroatoms. The largest absolute Gasteiger partial charge is 0.478 e. The Hall–Kier alpha value is -3.14. The van der Waals surface area contributed by atoms with Crippen molar-refractivity contribution in [2.24, 2.45) is 0 Å². The fourth-order valence-corrected chi connectivity index (χ4v) is 5.55. The number of piperidine rings is 1. The predicted molar refractivity (Wildman–Crippen MR) is 141 cm³/mol. The molecule has 0 atom stereocenters. The van der Waals surface area contributed by atoms with Gasteiger partial charge in [0.05, 0.1) is 40.5 Å². The molecule has 198 valence electrons. The molecule has 0 amide bonds. The number of carboxylic acids is 1. The maximum Gasteiger partial charge on any atom is 0.335 e. The molecular formula is C27H25Cl2FN4O4. The molecule has 1 saturated heterocycles. The number of nitrogens with zero attached hydrogens (tertiary/aromatic N) is 4. The van der Waals surface area contributed by atoms with Crippen LogP contribution >= 0.6 is 23.2 Å². The van der Waals surface area contributed by atoms with Crippen LogP contribution in [-0.2, 0) is 11.3 Å². The molecule has 3 heterocycles. The van der Waals surface area contributed by atoms with Gasteiger partial charge >= 0.3 is 5.97 Å². The average molecular weight is 559 g/mol. The minimum absolute atomic E-state index is 0.0746. The van der Waals surface area contributed by atoms with E-state index in [1.54, 1.807) is 47.4 Å². The molecule has 2 aliphatic rings. The van der Waals surface area contributed by atoms with E-state index in [1.807, 2.05) is 5.01 Å². The molecule has 1 N–H and O–H groups in total. The van der Waals surface area contributed by atoms with Gasteiger partial charge in [-0.3, -0.25) is 5.01 Å². The lowest BCUT2D eigenvalue weighted by Gasteiger charge is -2.37. The second kappa shape index (κ2) is 9.87. The first kappa shape index (κ1) is 25.2. The van der Waals surface area contributed by atoms with E-state index < -0.39 is 11.6 Å². The Labute approximate surface area is 227 Å². The first-order chi connectivity index (χ1) is 18.3. The lowest BCUT2D eigenvalue weighted by molar-refractivity contribution is -0.0102. The van der Waals surface area contributed by atoms with Gasteiger partial charge in [0.25, 0.3) is 0 Å². The molecule has 38 heavy (non-hydrogen) atoms. The highest BCUT2D eigenvalue weighted by Crippen LogP contribution is 2.46. The highest BCUT2D eigenvalue weighted by atomic mass is 35.5. The number of alkyl halides is 1. The smallest absolute Gasteiger partial charge is 0.335 e. The van der Waals surface area contributed by atoms with Crippen LogP contribution in [0.1, 0.15) is 53.3 Å². The zero-order valence-electron chi connectivity index (χ0n) is 20.4. The zero-order valence-corrected chi connectivity index (χ0v) is 21.9. The van der Waals surface area contributed by atoms with E-state index in [4.69, 9.17) is 32.5 Å². The van der Waals surface area contributed by atoms with Gasteiger partial charge < -0.3 is 14.4 Å². The van der Waals surface area contributed by atoms with Crippen molar-refractivity contribution in [3.63, 3.8) is 0 Å². The van der Waals surface area contributed by atoms with Crippen LogP contribution in [0.2, 0.25) is 10.0 Å². The highest BCUT2D eigenvalue weighted by Gasteiger charge is 2.37. The minimum atomic E-state index is -1.51. The summed E-state index contributed by atoms with van der Waals surface area (Å²) in [6.45, 7) is 0.891. The number of carbonyl (C=O) groups is 1. The second-order valence-corrected chi connectivity index (χ2v) is 10.8. The van der Waals surface area contributed by atoms with E-state index in [1.165, 1.54) is 0 Å². The van der Waals surface area contributed by atoms with Gasteiger partial charge in [-0.05, 0) is 37.1 Å². The van der Waals surface area contributed by atoms with Gasteiger partial charge in [0.2, 0.25) is 0 Å². The Bertz CT molecular complexity index is 1490. The van der Waals surface area contributed by atoms with Gasteiger partial charge in [0, 0.05) is 48.4 Å². The minimum Gasteiger partial charge on any atom is -0.478 e.